The second kappa shape index (κ2) is 6.56. The summed E-state index contributed by atoms with van der Waals surface area (Å²) in [6.45, 7) is 0. The summed E-state index contributed by atoms with van der Waals surface area (Å²) < 4.78 is 0. The molecule has 0 N–H and O–H groups in total. The summed E-state index contributed by atoms with van der Waals surface area (Å²) in [6, 6.07) is 30.5. The highest BCUT2D eigenvalue weighted by Crippen LogP contribution is 2.25. The summed E-state index contributed by atoms with van der Waals surface area (Å²) in [5, 5.41) is 8.90. The van der Waals surface area contributed by atoms with Gasteiger partial charge >= 0.3 is 0 Å². The van der Waals surface area contributed by atoms with E-state index >= 15 is 0 Å². The van der Waals surface area contributed by atoms with Gasteiger partial charge in [0.25, 0.3) is 0 Å². The Morgan fingerprint density at radius 3 is 1.64 bits per heavy atom. The van der Waals surface area contributed by atoms with Gasteiger partial charge in [-0.15, -0.1) is 0 Å². The van der Waals surface area contributed by atoms with Gasteiger partial charge < -0.3 is 0 Å². The van der Waals surface area contributed by atoms with Crippen molar-refractivity contribution in [3.8, 4) is 6.07 Å². The van der Waals surface area contributed by atoms with Gasteiger partial charge in [-0.25, -0.2) is 0 Å². The topological polar surface area (TPSA) is 23.8 Å². The molecule has 0 aliphatic heterocycles. The lowest BCUT2D eigenvalue weighted by atomic mass is 9.95. The molecule has 0 saturated heterocycles. The zero-order valence-electron chi connectivity index (χ0n) is 12.1. The van der Waals surface area contributed by atoms with Crippen molar-refractivity contribution < 1.29 is 0 Å². The highest BCUT2D eigenvalue weighted by atomic mass is 14.2. The highest BCUT2D eigenvalue weighted by Gasteiger charge is 2.04. The van der Waals surface area contributed by atoms with E-state index in [4.69, 9.17) is 5.26 Å². The lowest BCUT2D eigenvalue weighted by Crippen LogP contribution is -1.88. The van der Waals surface area contributed by atoms with Crippen molar-refractivity contribution in [3.63, 3.8) is 0 Å². The standard InChI is InChI=1S/C21H15N/c22-16-18-13-11-17(12-14-18)15-21(19-7-3-1-4-8-19)20-9-5-2-6-10-20/h1-15H. The molecule has 0 unspecified atom stereocenters. The highest BCUT2D eigenvalue weighted by molar-refractivity contribution is 5.91. The van der Waals surface area contributed by atoms with Crippen molar-refractivity contribution in [1.29, 1.82) is 5.26 Å². The van der Waals surface area contributed by atoms with Crippen molar-refractivity contribution >= 4 is 11.6 Å². The minimum atomic E-state index is 0.679. The number of hydrogen-bond acceptors (Lipinski definition) is 1. The lowest BCUT2D eigenvalue weighted by Gasteiger charge is -2.09. The predicted octanol–water partition coefficient (Wildman–Crippen LogP) is 5.15. The van der Waals surface area contributed by atoms with Crippen LogP contribution in [0.25, 0.3) is 11.6 Å². The second-order valence-electron chi connectivity index (χ2n) is 5.02. The average Bonchev–Trinajstić information content (AvgIpc) is 2.62. The smallest absolute Gasteiger partial charge is 0.0991 e. The van der Waals surface area contributed by atoms with Crippen molar-refractivity contribution in [2.24, 2.45) is 0 Å². The Hall–Kier alpha value is -3.11. The monoisotopic (exact) mass is 281 g/mol. The molecule has 0 aliphatic rings. The van der Waals surface area contributed by atoms with E-state index in [0.29, 0.717) is 5.56 Å². The maximum atomic E-state index is 8.90. The molecule has 0 fully saturated rings. The van der Waals surface area contributed by atoms with E-state index in [1.807, 2.05) is 60.7 Å². The van der Waals surface area contributed by atoms with E-state index in [1.54, 1.807) is 0 Å². The third-order valence-corrected chi connectivity index (χ3v) is 3.52. The summed E-state index contributed by atoms with van der Waals surface area (Å²) in [5.41, 5.74) is 5.29. The number of benzene rings is 3. The predicted molar refractivity (Wildman–Crippen MR) is 91.0 cm³/mol. The normalized spacial score (nSPS) is 9.77. The molecular formula is C21H15N. The Kier molecular flexibility index (Phi) is 4.13. The third kappa shape index (κ3) is 3.13. The number of nitriles is 1. The van der Waals surface area contributed by atoms with Gasteiger partial charge in [0.15, 0.2) is 0 Å². The minimum Gasteiger partial charge on any atom is -0.192 e. The van der Waals surface area contributed by atoms with Gasteiger partial charge in [0.05, 0.1) is 11.6 Å². The molecule has 0 saturated carbocycles. The van der Waals surface area contributed by atoms with Crippen LogP contribution in [0.2, 0.25) is 0 Å². The van der Waals surface area contributed by atoms with Gasteiger partial charge in [-0.1, -0.05) is 72.8 Å². The van der Waals surface area contributed by atoms with Crippen LogP contribution in [0.5, 0.6) is 0 Å². The maximum absolute atomic E-state index is 8.90. The van der Waals surface area contributed by atoms with Crippen LogP contribution < -0.4 is 0 Å². The van der Waals surface area contributed by atoms with Crippen LogP contribution >= 0.6 is 0 Å². The first-order valence-electron chi connectivity index (χ1n) is 7.19. The molecule has 3 aromatic rings. The molecular weight excluding hydrogens is 266 g/mol. The number of rotatable bonds is 3. The first-order chi connectivity index (χ1) is 10.9. The summed E-state index contributed by atoms with van der Waals surface area (Å²) in [4.78, 5) is 0. The number of hydrogen-bond donors (Lipinski definition) is 0. The molecule has 0 radical (unpaired) electrons. The average molecular weight is 281 g/mol. The fraction of sp³-hybridized carbons (Fsp3) is 0. The van der Waals surface area contributed by atoms with Gasteiger partial charge in [-0.2, -0.15) is 5.26 Å². The molecule has 3 aromatic carbocycles. The first kappa shape index (κ1) is 13.9. The largest absolute Gasteiger partial charge is 0.192 e. The summed E-state index contributed by atoms with van der Waals surface area (Å²) in [6.07, 6.45) is 2.16. The van der Waals surface area contributed by atoms with E-state index in [0.717, 1.165) is 5.56 Å². The molecule has 1 heteroatoms. The van der Waals surface area contributed by atoms with E-state index < -0.39 is 0 Å². The Bertz CT molecular complexity index is 766. The molecule has 0 aromatic heterocycles. The van der Waals surface area contributed by atoms with E-state index in [2.05, 4.69) is 36.4 Å². The second-order valence-corrected chi connectivity index (χ2v) is 5.02. The van der Waals surface area contributed by atoms with Crippen LogP contribution in [0.4, 0.5) is 0 Å². The maximum Gasteiger partial charge on any atom is 0.0991 e. The fourth-order valence-electron chi connectivity index (χ4n) is 2.39. The van der Waals surface area contributed by atoms with Crippen LogP contribution in [0.15, 0.2) is 84.9 Å². The van der Waals surface area contributed by atoms with E-state index in [1.165, 1.54) is 16.7 Å². The molecule has 3 rings (SSSR count). The van der Waals surface area contributed by atoms with Gasteiger partial charge in [-0.05, 0) is 40.5 Å². The Morgan fingerprint density at radius 2 is 1.18 bits per heavy atom. The zero-order valence-corrected chi connectivity index (χ0v) is 12.1. The van der Waals surface area contributed by atoms with Gasteiger partial charge in [0, 0.05) is 0 Å². The Labute approximate surface area is 130 Å². The first-order valence-corrected chi connectivity index (χ1v) is 7.19. The fourth-order valence-corrected chi connectivity index (χ4v) is 2.39. The van der Waals surface area contributed by atoms with Crippen LogP contribution in [-0.4, -0.2) is 0 Å². The van der Waals surface area contributed by atoms with Crippen LogP contribution in [0.3, 0.4) is 0 Å². The SMILES string of the molecule is N#Cc1ccc(C=C(c2ccccc2)c2ccccc2)cc1. The van der Waals surface area contributed by atoms with Crippen molar-refractivity contribution in [2.45, 2.75) is 0 Å². The molecule has 0 spiro atoms. The van der Waals surface area contributed by atoms with Crippen LogP contribution in [-0.2, 0) is 0 Å². The van der Waals surface area contributed by atoms with Crippen LogP contribution in [0, 0.1) is 11.3 Å². The molecule has 0 bridgehead atoms. The molecule has 1 nitrogen and oxygen atoms in total. The molecule has 22 heavy (non-hydrogen) atoms. The van der Waals surface area contributed by atoms with E-state index in [9.17, 15) is 0 Å². The Balaban J connectivity index is 2.09. The van der Waals surface area contributed by atoms with E-state index in [-0.39, 0.29) is 0 Å². The van der Waals surface area contributed by atoms with Crippen molar-refractivity contribution in [3.05, 3.63) is 107 Å². The van der Waals surface area contributed by atoms with Gasteiger partial charge in [-0.3, -0.25) is 0 Å². The number of nitrogens with zero attached hydrogens (tertiary/aromatic N) is 1. The summed E-state index contributed by atoms with van der Waals surface area (Å²) in [7, 11) is 0. The zero-order chi connectivity index (χ0) is 15.2. The molecule has 104 valence electrons. The Morgan fingerprint density at radius 1 is 0.682 bits per heavy atom. The third-order valence-electron chi connectivity index (χ3n) is 3.52. The summed E-state index contributed by atoms with van der Waals surface area (Å²) in [5.74, 6) is 0. The quantitative estimate of drug-likeness (QED) is 0.609. The molecule has 0 aliphatic carbocycles. The lowest BCUT2D eigenvalue weighted by molar-refractivity contribution is 1.48. The minimum absolute atomic E-state index is 0.679. The molecule has 0 heterocycles. The van der Waals surface area contributed by atoms with Gasteiger partial charge in [0.2, 0.25) is 0 Å². The van der Waals surface area contributed by atoms with Crippen molar-refractivity contribution in [1.82, 2.24) is 0 Å². The van der Waals surface area contributed by atoms with Crippen LogP contribution in [0.1, 0.15) is 22.3 Å². The van der Waals surface area contributed by atoms with Crippen molar-refractivity contribution in [2.75, 3.05) is 0 Å². The molecule has 0 atom stereocenters. The van der Waals surface area contributed by atoms with Gasteiger partial charge in [0.1, 0.15) is 0 Å². The molecule has 0 amide bonds. The summed E-state index contributed by atoms with van der Waals surface area (Å²) >= 11 is 0.